The minimum Gasteiger partial charge on any atom is -0.381 e. The number of rotatable bonds is 7. The first-order chi connectivity index (χ1) is 17.2. The molecule has 5 atom stereocenters. The minimum absolute atomic E-state index is 0.0126. The first-order valence-electron chi connectivity index (χ1n) is 13.3. The van der Waals surface area contributed by atoms with E-state index in [0.29, 0.717) is 31.3 Å². The number of fused-ring (bicyclic) bond motifs is 3. The molecule has 2 aromatic carbocycles. The molecule has 3 saturated heterocycles. The van der Waals surface area contributed by atoms with Crippen molar-refractivity contribution >= 4 is 16.9 Å². The standard InChI is InChI=1S/C29H36N4O2/c1-20-30-27-9-5-6-10-28(27)33(20)25-17-23-11-12-24(18-25)32(23)15-13-26(21-7-3-2-4-8-21)31-29(34)22-14-16-35-19-22/h2-10,22-26H,11-19H2,1H3,(H,31,34)/t22?,23-,24+,25?,26-/m0/s1. The summed E-state index contributed by atoms with van der Waals surface area (Å²) in [4.78, 5) is 20.5. The molecule has 2 bridgehead atoms. The number of imidazole rings is 1. The van der Waals surface area contributed by atoms with Crippen molar-refractivity contribution in [1.29, 1.82) is 0 Å². The Morgan fingerprint density at radius 2 is 1.77 bits per heavy atom. The van der Waals surface area contributed by atoms with E-state index in [1.165, 1.54) is 36.8 Å². The van der Waals surface area contributed by atoms with Gasteiger partial charge < -0.3 is 14.6 Å². The van der Waals surface area contributed by atoms with E-state index in [0.717, 1.165) is 30.7 Å². The number of carbonyl (C=O) groups excluding carboxylic acids is 1. The number of amides is 1. The highest BCUT2D eigenvalue weighted by Crippen LogP contribution is 2.42. The molecule has 0 spiro atoms. The van der Waals surface area contributed by atoms with E-state index in [-0.39, 0.29) is 17.9 Å². The van der Waals surface area contributed by atoms with Crippen molar-refractivity contribution in [2.75, 3.05) is 19.8 Å². The Morgan fingerprint density at radius 1 is 1.03 bits per heavy atom. The number of hydrogen-bond acceptors (Lipinski definition) is 4. The number of benzene rings is 2. The van der Waals surface area contributed by atoms with Crippen LogP contribution in [0.3, 0.4) is 0 Å². The molecular weight excluding hydrogens is 436 g/mol. The van der Waals surface area contributed by atoms with Gasteiger partial charge in [0.15, 0.2) is 0 Å². The summed E-state index contributed by atoms with van der Waals surface area (Å²) in [6.07, 6.45) is 6.67. The van der Waals surface area contributed by atoms with Crippen molar-refractivity contribution in [3.8, 4) is 0 Å². The van der Waals surface area contributed by atoms with Gasteiger partial charge in [-0.1, -0.05) is 42.5 Å². The minimum atomic E-state index is -0.0126. The van der Waals surface area contributed by atoms with Gasteiger partial charge >= 0.3 is 0 Å². The molecule has 0 aliphatic carbocycles. The second kappa shape index (κ2) is 9.75. The monoisotopic (exact) mass is 472 g/mol. The second-order valence-electron chi connectivity index (χ2n) is 10.6. The first-order valence-corrected chi connectivity index (χ1v) is 13.3. The molecule has 3 aliphatic heterocycles. The van der Waals surface area contributed by atoms with E-state index in [2.05, 4.69) is 70.2 Å². The van der Waals surface area contributed by atoms with Crippen LogP contribution in [0, 0.1) is 12.8 Å². The summed E-state index contributed by atoms with van der Waals surface area (Å²) < 4.78 is 7.95. The van der Waals surface area contributed by atoms with E-state index in [4.69, 9.17) is 9.72 Å². The molecule has 6 nitrogen and oxygen atoms in total. The molecule has 184 valence electrons. The normalized spacial score (nSPS) is 27.3. The van der Waals surface area contributed by atoms with E-state index < -0.39 is 0 Å². The molecular formula is C29H36N4O2. The Hall–Kier alpha value is -2.70. The fourth-order valence-corrected chi connectivity index (χ4v) is 6.76. The van der Waals surface area contributed by atoms with Gasteiger partial charge in [-0.2, -0.15) is 0 Å². The summed E-state index contributed by atoms with van der Waals surface area (Å²) in [5.41, 5.74) is 3.57. The van der Waals surface area contributed by atoms with Crippen molar-refractivity contribution in [3.05, 3.63) is 66.0 Å². The van der Waals surface area contributed by atoms with Gasteiger partial charge in [-0.15, -0.1) is 0 Å². The Labute approximate surface area is 207 Å². The van der Waals surface area contributed by atoms with Crippen LogP contribution in [0.1, 0.15) is 62.0 Å². The Morgan fingerprint density at radius 3 is 2.51 bits per heavy atom. The maximum absolute atomic E-state index is 12.9. The van der Waals surface area contributed by atoms with E-state index in [1.807, 2.05) is 6.07 Å². The number of nitrogens with zero attached hydrogens (tertiary/aromatic N) is 3. The van der Waals surface area contributed by atoms with Crippen molar-refractivity contribution in [1.82, 2.24) is 19.8 Å². The van der Waals surface area contributed by atoms with Crippen LogP contribution in [0.4, 0.5) is 0 Å². The van der Waals surface area contributed by atoms with Crippen LogP contribution in [0.5, 0.6) is 0 Å². The number of ether oxygens (including phenoxy) is 1. The number of nitrogens with one attached hydrogen (secondary N) is 1. The van der Waals surface area contributed by atoms with Crippen LogP contribution < -0.4 is 5.32 Å². The lowest BCUT2D eigenvalue weighted by atomic mass is 9.95. The van der Waals surface area contributed by atoms with Crippen molar-refractivity contribution in [2.24, 2.45) is 5.92 Å². The topological polar surface area (TPSA) is 59.4 Å². The molecule has 6 rings (SSSR count). The molecule has 3 fully saturated rings. The maximum Gasteiger partial charge on any atom is 0.226 e. The Kier molecular flexibility index (Phi) is 6.33. The lowest BCUT2D eigenvalue weighted by molar-refractivity contribution is -0.125. The smallest absolute Gasteiger partial charge is 0.226 e. The highest BCUT2D eigenvalue weighted by atomic mass is 16.5. The number of aryl methyl sites for hydroxylation is 1. The van der Waals surface area contributed by atoms with Gasteiger partial charge in [0.2, 0.25) is 5.91 Å². The molecule has 4 heterocycles. The zero-order chi connectivity index (χ0) is 23.8. The van der Waals surface area contributed by atoms with Gasteiger partial charge in [0, 0.05) is 31.3 Å². The third-order valence-electron chi connectivity index (χ3n) is 8.49. The Balaban J connectivity index is 1.15. The largest absolute Gasteiger partial charge is 0.381 e. The van der Waals surface area contributed by atoms with Crippen molar-refractivity contribution in [3.63, 3.8) is 0 Å². The van der Waals surface area contributed by atoms with Gasteiger partial charge in [0.1, 0.15) is 5.82 Å². The van der Waals surface area contributed by atoms with Gasteiger partial charge in [0.05, 0.1) is 29.6 Å². The average molecular weight is 473 g/mol. The number of carbonyl (C=O) groups is 1. The van der Waals surface area contributed by atoms with Crippen LogP contribution in [0.25, 0.3) is 11.0 Å². The molecule has 0 radical (unpaired) electrons. The predicted octanol–water partition coefficient (Wildman–Crippen LogP) is 4.80. The zero-order valence-electron chi connectivity index (χ0n) is 20.6. The summed E-state index contributed by atoms with van der Waals surface area (Å²) in [6, 6.07) is 20.8. The van der Waals surface area contributed by atoms with E-state index >= 15 is 0 Å². The van der Waals surface area contributed by atoms with Crippen molar-refractivity contribution in [2.45, 2.75) is 69.6 Å². The molecule has 6 heteroatoms. The molecule has 1 amide bonds. The molecule has 35 heavy (non-hydrogen) atoms. The quantitative estimate of drug-likeness (QED) is 0.537. The summed E-state index contributed by atoms with van der Waals surface area (Å²) in [7, 11) is 0. The number of hydrogen-bond donors (Lipinski definition) is 1. The molecule has 1 aromatic heterocycles. The van der Waals surface area contributed by atoms with Crippen molar-refractivity contribution < 1.29 is 9.53 Å². The van der Waals surface area contributed by atoms with Gasteiger partial charge in [-0.3, -0.25) is 9.69 Å². The number of para-hydroxylation sites is 2. The SMILES string of the molecule is Cc1nc2ccccc2n1C1C[C@H]2CC[C@@H](C1)N2CC[C@H](NC(=O)C1CCOC1)c1ccccc1. The maximum atomic E-state index is 12.9. The highest BCUT2D eigenvalue weighted by Gasteiger charge is 2.42. The zero-order valence-corrected chi connectivity index (χ0v) is 20.6. The predicted molar refractivity (Wildman–Crippen MR) is 137 cm³/mol. The fourth-order valence-electron chi connectivity index (χ4n) is 6.76. The molecule has 0 saturated carbocycles. The average Bonchev–Trinajstić information content (AvgIpc) is 3.58. The third kappa shape index (κ3) is 4.50. The molecule has 2 unspecified atom stereocenters. The summed E-state index contributed by atoms with van der Waals surface area (Å²) in [5, 5.41) is 3.37. The first kappa shape index (κ1) is 22.7. The highest BCUT2D eigenvalue weighted by molar-refractivity contribution is 5.79. The van der Waals surface area contributed by atoms with E-state index in [9.17, 15) is 4.79 Å². The summed E-state index contributed by atoms with van der Waals surface area (Å²) >= 11 is 0. The summed E-state index contributed by atoms with van der Waals surface area (Å²) in [5.74, 6) is 1.26. The van der Waals surface area contributed by atoms with Gasteiger partial charge in [0.25, 0.3) is 0 Å². The molecule has 3 aliphatic rings. The van der Waals surface area contributed by atoms with Crippen LogP contribution in [-0.4, -0.2) is 52.2 Å². The Bertz CT molecular complexity index is 1160. The fraction of sp³-hybridized carbons (Fsp3) is 0.517. The van der Waals surface area contributed by atoms with Gasteiger partial charge in [-0.25, -0.2) is 4.98 Å². The lowest BCUT2D eigenvalue weighted by Crippen LogP contribution is -2.45. The van der Waals surface area contributed by atoms with Crippen LogP contribution in [0.2, 0.25) is 0 Å². The summed E-state index contributed by atoms with van der Waals surface area (Å²) in [6.45, 7) is 4.41. The van der Waals surface area contributed by atoms with Crippen LogP contribution in [0.15, 0.2) is 54.6 Å². The number of piperidine rings is 1. The molecule has 1 N–H and O–H groups in total. The third-order valence-corrected chi connectivity index (χ3v) is 8.49. The lowest BCUT2D eigenvalue weighted by Gasteiger charge is -2.40. The van der Waals surface area contributed by atoms with Crippen LogP contribution >= 0.6 is 0 Å². The van der Waals surface area contributed by atoms with Gasteiger partial charge in [-0.05, 0) is 63.1 Å². The second-order valence-corrected chi connectivity index (χ2v) is 10.6. The van der Waals surface area contributed by atoms with E-state index in [1.54, 1.807) is 0 Å². The number of aromatic nitrogens is 2. The molecule has 3 aromatic rings. The van der Waals surface area contributed by atoms with Crippen LogP contribution in [-0.2, 0) is 9.53 Å².